The van der Waals surface area contributed by atoms with Crippen molar-refractivity contribution in [1.82, 2.24) is 10.2 Å². The molecular formula is C18H30N2O. The summed E-state index contributed by atoms with van der Waals surface area (Å²) in [5.41, 5.74) is 1.61. The zero-order valence-electron chi connectivity index (χ0n) is 14.0. The summed E-state index contributed by atoms with van der Waals surface area (Å²) in [7, 11) is 0. The minimum atomic E-state index is 0.0348. The molecule has 0 radical (unpaired) electrons. The highest BCUT2D eigenvalue weighted by atomic mass is 16.5. The lowest BCUT2D eigenvalue weighted by Gasteiger charge is -2.52. The highest BCUT2D eigenvalue weighted by Crippen LogP contribution is 2.33. The van der Waals surface area contributed by atoms with Crippen LogP contribution in [-0.4, -0.2) is 43.3 Å². The Morgan fingerprint density at radius 3 is 2.52 bits per heavy atom. The Kier molecular flexibility index (Phi) is 5.42. The topological polar surface area (TPSA) is 24.5 Å². The van der Waals surface area contributed by atoms with Crippen LogP contribution in [0.2, 0.25) is 0 Å². The average molecular weight is 290 g/mol. The Labute approximate surface area is 129 Å². The molecule has 1 heterocycles. The van der Waals surface area contributed by atoms with Crippen LogP contribution in [0.1, 0.15) is 39.7 Å². The zero-order chi connectivity index (χ0) is 15.3. The maximum absolute atomic E-state index is 5.61. The quantitative estimate of drug-likeness (QED) is 0.815. The summed E-state index contributed by atoms with van der Waals surface area (Å²) in [5, 5.41) is 3.77. The third-order valence-corrected chi connectivity index (χ3v) is 4.98. The zero-order valence-corrected chi connectivity index (χ0v) is 14.0. The molecule has 118 valence electrons. The van der Waals surface area contributed by atoms with Gasteiger partial charge < -0.3 is 10.1 Å². The van der Waals surface area contributed by atoms with Gasteiger partial charge in [-0.2, -0.15) is 0 Å². The average Bonchev–Trinajstić information content (AvgIpc) is 2.52. The first-order valence-corrected chi connectivity index (χ1v) is 8.17. The minimum absolute atomic E-state index is 0.0348. The second-order valence-electron chi connectivity index (χ2n) is 6.53. The van der Waals surface area contributed by atoms with Gasteiger partial charge in [-0.3, -0.25) is 4.90 Å². The van der Waals surface area contributed by atoms with Gasteiger partial charge in [-0.05, 0) is 32.8 Å². The number of hydrogen-bond acceptors (Lipinski definition) is 3. The highest BCUT2D eigenvalue weighted by molar-refractivity contribution is 5.26. The van der Waals surface area contributed by atoms with Crippen molar-refractivity contribution in [2.75, 3.05) is 32.8 Å². The van der Waals surface area contributed by atoms with Crippen molar-refractivity contribution in [2.24, 2.45) is 0 Å². The van der Waals surface area contributed by atoms with Gasteiger partial charge in [-0.15, -0.1) is 0 Å². The van der Waals surface area contributed by atoms with E-state index in [0.29, 0.717) is 0 Å². The third kappa shape index (κ3) is 3.65. The van der Waals surface area contributed by atoms with Crippen molar-refractivity contribution in [3.05, 3.63) is 35.9 Å². The van der Waals surface area contributed by atoms with E-state index in [1.807, 2.05) is 0 Å². The number of hydrogen-bond donors (Lipinski definition) is 1. The van der Waals surface area contributed by atoms with E-state index < -0.39 is 0 Å². The minimum Gasteiger partial charge on any atom is -0.380 e. The van der Waals surface area contributed by atoms with Crippen molar-refractivity contribution in [1.29, 1.82) is 0 Å². The monoisotopic (exact) mass is 290 g/mol. The lowest BCUT2D eigenvalue weighted by atomic mass is 9.82. The molecule has 1 aliphatic rings. The van der Waals surface area contributed by atoms with Crippen LogP contribution < -0.4 is 5.32 Å². The van der Waals surface area contributed by atoms with Crippen LogP contribution in [0, 0.1) is 0 Å². The van der Waals surface area contributed by atoms with Crippen LogP contribution >= 0.6 is 0 Å². The molecule has 21 heavy (non-hydrogen) atoms. The maximum Gasteiger partial charge on any atom is 0.0593 e. The van der Waals surface area contributed by atoms with Crippen LogP contribution in [0.15, 0.2) is 30.3 Å². The van der Waals surface area contributed by atoms with E-state index in [-0.39, 0.29) is 11.1 Å². The molecule has 0 spiro atoms. The molecule has 0 aromatic heterocycles. The highest BCUT2D eigenvalue weighted by Gasteiger charge is 2.42. The van der Waals surface area contributed by atoms with E-state index in [1.54, 1.807) is 0 Å². The van der Waals surface area contributed by atoms with Gasteiger partial charge in [-0.25, -0.2) is 0 Å². The molecule has 0 saturated carbocycles. The second kappa shape index (κ2) is 6.91. The fraction of sp³-hybridized carbons (Fsp3) is 0.667. The Bertz CT molecular complexity index is 436. The molecule has 1 saturated heterocycles. The summed E-state index contributed by atoms with van der Waals surface area (Å²) >= 11 is 0. The first-order chi connectivity index (χ1) is 10.0. The van der Waals surface area contributed by atoms with Gasteiger partial charge in [0.2, 0.25) is 0 Å². The van der Waals surface area contributed by atoms with Gasteiger partial charge in [0.05, 0.1) is 12.1 Å². The number of benzene rings is 1. The molecule has 1 aromatic carbocycles. The van der Waals surface area contributed by atoms with E-state index >= 15 is 0 Å². The van der Waals surface area contributed by atoms with Gasteiger partial charge in [0.25, 0.3) is 0 Å². The molecule has 2 unspecified atom stereocenters. The Morgan fingerprint density at radius 1 is 1.19 bits per heavy atom. The number of nitrogens with one attached hydrogen (secondary N) is 1. The summed E-state index contributed by atoms with van der Waals surface area (Å²) in [6, 6.07) is 10.8. The number of piperazine rings is 1. The molecule has 3 heteroatoms. The third-order valence-electron chi connectivity index (χ3n) is 4.98. The molecular weight excluding hydrogens is 260 g/mol. The number of nitrogens with zero attached hydrogens (tertiary/aromatic N) is 1. The lowest BCUT2D eigenvalue weighted by Crippen LogP contribution is -2.66. The summed E-state index contributed by atoms with van der Waals surface area (Å²) in [6.07, 6.45) is 1.14. The van der Waals surface area contributed by atoms with Gasteiger partial charge >= 0.3 is 0 Å². The largest absolute Gasteiger partial charge is 0.380 e. The predicted molar refractivity (Wildman–Crippen MR) is 88.6 cm³/mol. The van der Waals surface area contributed by atoms with E-state index in [2.05, 4.69) is 68.2 Å². The van der Waals surface area contributed by atoms with Crippen LogP contribution in [0.5, 0.6) is 0 Å². The van der Waals surface area contributed by atoms with Crippen LogP contribution in [0.3, 0.4) is 0 Å². The summed E-state index contributed by atoms with van der Waals surface area (Å²) in [4.78, 5) is 2.60. The summed E-state index contributed by atoms with van der Waals surface area (Å²) in [5.74, 6) is 0. The molecule has 2 atom stereocenters. The van der Waals surface area contributed by atoms with E-state index in [4.69, 9.17) is 4.74 Å². The van der Waals surface area contributed by atoms with Crippen LogP contribution in [0.25, 0.3) is 0 Å². The van der Waals surface area contributed by atoms with Gasteiger partial charge in [0.15, 0.2) is 0 Å². The smallest absolute Gasteiger partial charge is 0.0593 e. The fourth-order valence-corrected chi connectivity index (χ4v) is 3.11. The van der Waals surface area contributed by atoms with Crippen molar-refractivity contribution < 1.29 is 4.74 Å². The molecule has 1 fully saturated rings. The molecule has 0 aliphatic carbocycles. The molecule has 3 nitrogen and oxygen atoms in total. The normalized spacial score (nSPS) is 30.5. The standard InChI is InChI=1S/C18H30N2O/c1-5-17(3)15-20(12-13-21-6-2)18(4,14-19-17)16-10-8-7-9-11-16/h7-11,19H,5-6,12-15H2,1-4H3. The lowest BCUT2D eigenvalue weighted by molar-refractivity contribution is -0.00503. The van der Waals surface area contributed by atoms with Gasteiger partial charge in [0.1, 0.15) is 0 Å². The van der Waals surface area contributed by atoms with Crippen LogP contribution in [-0.2, 0) is 10.3 Å². The fourth-order valence-electron chi connectivity index (χ4n) is 3.11. The Hall–Kier alpha value is -0.900. The van der Waals surface area contributed by atoms with Gasteiger partial charge in [-0.1, -0.05) is 37.3 Å². The van der Waals surface area contributed by atoms with E-state index in [1.165, 1.54) is 5.56 Å². The van der Waals surface area contributed by atoms with Crippen molar-refractivity contribution in [3.63, 3.8) is 0 Å². The molecule has 1 aliphatic heterocycles. The summed E-state index contributed by atoms with van der Waals surface area (Å²) < 4.78 is 5.61. The maximum atomic E-state index is 5.61. The Morgan fingerprint density at radius 2 is 1.90 bits per heavy atom. The van der Waals surface area contributed by atoms with E-state index in [9.17, 15) is 0 Å². The SMILES string of the molecule is CCOCCN1CC(C)(CC)NCC1(C)c1ccccc1. The second-order valence-corrected chi connectivity index (χ2v) is 6.53. The number of ether oxygens (including phenoxy) is 1. The van der Waals surface area contributed by atoms with Crippen molar-refractivity contribution in [2.45, 2.75) is 45.2 Å². The molecule has 0 amide bonds. The Balaban J connectivity index is 2.21. The first kappa shape index (κ1) is 16.5. The van der Waals surface area contributed by atoms with Crippen molar-refractivity contribution >= 4 is 0 Å². The molecule has 2 rings (SSSR count). The van der Waals surface area contributed by atoms with E-state index in [0.717, 1.165) is 39.3 Å². The van der Waals surface area contributed by atoms with Crippen LogP contribution in [0.4, 0.5) is 0 Å². The van der Waals surface area contributed by atoms with Gasteiger partial charge in [0, 0.05) is 31.8 Å². The predicted octanol–water partition coefficient (Wildman–Crippen LogP) is 3.01. The molecule has 1 N–H and O–H groups in total. The van der Waals surface area contributed by atoms with Crippen molar-refractivity contribution in [3.8, 4) is 0 Å². The molecule has 1 aromatic rings. The molecule has 0 bridgehead atoms. The first-order valence-electron chi connectivity index (χ1n) is 8.17. The number of rotatable bonds is 6. The summed E-state index contributed by atoms with van der Waals surface area (Å²) in [6.45, 7) is 13.6.